The molecule has 0 bridgehead atoms. The Kier molecular flexibility index (Phi) is 3.19. The Labute approximate surface area is 113 Å². The van der Waals surface area contributed by atoms with Crippen molar-refractivity contribution in [3.05, 3.63) is 29.3 Å². The lowest BCUT2D eigenvalue weighted by Gasteiger charge is -2.44. The second kappa shape index (κ2) is 4.85. The van der Waals surface area contributed by atoms with Crippen LogP contribution in [-0.2, 0) is 22.4 Å². The van der Waals surface area contributed by atoms with Crippen LogP contribution in [0.3, 0.4) is 0 Å². The average molecular weight is 261 g/mol. The van der Waals surface area contributed by atoms with Crippen LogP contribution in [0.15, 0.2) is 18.2 Å². The van der Waals surface area contributed by atoms with Gasteiger partial charge in [-0.15, -0.1) is 0 Å². The summed E-state index contributed by atoms with van der Waals surface area (Å²) >= 11 is 0. The minimum absolute atomic E-state index is 0.0377. The molecule has 1 aromatic carbocycles. The van der Waals surface area contributed by atoms with E-state index in [0.29, 0.717) is 11.8 Å². The van der Waals surface area contributed by atoms with Gasteiger partial charge >= 0.3 is 5.97 Å². The number of aryl methyl sites for hydroxylation is 1. The Bertz CT molecular complexity index is 494. The van der Waals surface area contributed by atoms with Gasteiger partial charge in [0.25, 0.3) is 0 Å². The Hall–Kier alpha value is -1.55. The number of nitrogens with zero attached hydrogens (tertiary/aromatic N) is 1. The maximum Gasteiger partial charge on any atom is 0.311 e. The molecular formula is C15H19NO3. The number of esters is 1. The van der Waals surface area contributed by atoms with Gasteiger partial charge in [0.15, 0.2) is 0 Å². The van der Waals surface area contributed by atoms with E-state index < -0.39 is 0 Å². The molecule has 2 aliphatic rings. The van der Waals surface area contributed by atoms with Crippen molar-refractivity contribution in [2.24, 2.45) is 5.92 Å². The number of hydrogen-bond acceptors (Lipinski definition) is 4. The fraction of sp³-hybridized carbons (Fsp3) is 0.533. The number of carbonyl (C=O) groups is 1. The van der Waals surface area contributed by atoms with Gasteiger partial charge < -0.3 is 9.84 Å². The van der Waals surface area contributed by atoms with Crippen molar-refractivity contribution in [1.82, 2.24) is 4.90 Å². The molecule has 0 spiro atoms. The summed E-state index contributed by atoms with van der Waals surface area (Å²) < 4.78 is 4.76. The molecule has 102 valence electrons. The number of hydrogen-bond donors (Lipinski definition) is 1. The molecule has 0 aromatic heterocycles. The molecule has 1 fully saturated rings. The molecule has 4 heteroatoms. The number of fused-ring (bicyclic) bond motifs is 1. The van der Waals surface area contributed by atoms with Crippen LogP contribution in [0.5, 0.6) is 5.75 Å². The molecule has 1 saturated heterocycles. The molecule has 3 rings (SSSR count). The zero-order valence-corrected chi connectivity index (χ0v) is 11.1. The van der Waals surface area contributed by atoms with E-state index in [4.69, 9.17) is 4.74 Å². The second-order valence-corrected chi connectivity index (χ2v) is 5.49. The number of benzene rings is 1. The summed E-state index contributed by atoms with van der Waals surface area (Å²) in [5.41, 5.74) is 2.35. The molecule has 1 aliphatic heterocycles. The van der Waals surface area contributed by atoms with Gasteiger partial charge in [0.05, 0.1) is 13.0 Å². The van der Waals surface area contributed by atoms with E-state index in [1.807, 2.05) is 6.07 Å². The van der Waals surface area contributed by atoms with E-state index in [2.05, 4.69) is 11.0 Å². The molecule has 19 heavy (non-hydrogen) atoms. The highest BCUT2D eigenvalue weighted by molar-refractivity contribution is 5.73. The van der Waals surface area contributed by atoms with E-state index in [0.717, 1.165) is 37.9 Å². The first kappa shape index (κ1) is 12.5. The molecule has 1 atom stereocenters. The third-order valence-electron chi connectivity index (χ3n) is 4.40. The van der Waals surface area contributed by atoms with E-state index >= 15 is 0 Å². The zero-order valence-electron chi connectivity index (χ0n) is 11.1. The van der Waals surface area contributed by atoms with Crippen LogP contribution in [0.2, 0.25) is 0 Å². The third-order valence-corrected chi connectivity index (χ3v) is 4.40. The van der Waals surface area contributed by atoms with E-state index in [-0.39, 0.29) is 11.9 Å². The highest BCUT2D eigenvalue weighted by Gasteiger charge is 2.38. The van der Waals surface area contributed by atoms with Gasteiger partial charge in [-0.2, -0.15) is 0 Å². The fourth-order valence-electron chi connectivity index (χ4n) is 3.19. The number of rotatable bonds is 2. The molecule has 0 amide bonds. The van der Waals surface area contributed by atoms with Crippen molar-refractivity contribution in [3.63, 3.8) is 0 Å². The van der Waals surface area contributed by atoms with E-state index in [1.54, 1.807) is 6.07 Å². The lowest BCUT2D eigenvalue weighted by molar-refractivity contribution is -0.152. The van der Waals surface area contributed by atoms with Crippen molar-refractivity contribution in [2.45, 2.75) is 25.3 Å². The van der Waals surface area contributed by atoms with Gasteiger partial charge in [0.2, 0.25) is 0 Å². The molecule has 1 heterocycles. The first-order valence-corrected chi connectivity index (χ1v) is 6.80. The van der Waals surface area contributed by atoms with Crippen molar-refractivity contribution in [2.75, 3.05) is 20.2 Å². The van der Waals surface area contributed by atoms with Gasteiger partial charge in [0.1, 0.15) is 5.75 Å². The third kappa shape index (κ3) is 2.21. The number of methoxy groups -OCH3 is 1. The SMILES string of the molecule is COC(=O)C1CN(C2CCc3cccc(O)c3C2)C1. The van der Waals surface area contributed by atoms with Crippen LogP contribution in [0.25, 0.3) is 0 Å². The van der Waals surface area contributed by atoms with E-state index in [1.165, 1.54) is 12.7 Å². The smallest absolute Gasteiger partial charge is 0.311 e. The molecule has 4 nitrogen and oxygen atoms in total. The minimum atomic E-state index is -0.102. The zero-order chi connectivity index (χ0) is 13.4. The number of phenolic OH excluding ortho intramolecular Hbond substituents is 1. The first-order chi connectivity index (χ1) is 9.19. The lowest BCUT2D eigenvalue weighted by Crippen LogP contribution is -2.56. The van der Waals surface area contributed by atoms with Gasteiger partial charge in [0, 0.05) is 19.1 Å². The van der Waals surface area contributed by atoms with Crippen molar-refractivity contribution >= 4 is 5.97 Å². The molecule has 0 radical (unpaired) electrons. The minimum Gasteiger partial charge on any atom is -0.508 e. The van der Waals surface area contributed by atoms with Crippen LogP contribution in [-0.4, -0.2) is 42.2 Å². The summed E-state index contributed by atoms with van der Waals surface area (Å²) in [5, 5.41) is 9.93. The van der Waals surface area contributed by atoms with Crippen molar-refractivity contribution in [3.8, 4) is 5.75 Å². The second-order valence-electron chi connectivity index (χ2n) is 5.49. The molecule has 1 aliphatic carbocycles. The predicted molar refractivity (Wildman–Crippen MR) is 71.0 cm³/mol. The van der Waals surface area contributed by atoms with Gasteiger partial charge in [-0.1, -0.05) is 12.1 Å². The number of phenols is 1. The number of aromatic hydroxyl groups is 1. The van der Waals surface area contributed by atoms with Crippen LogP contribution in [0.4, 0.5) is 0 Å². The van der Waals surface area contributed by atoms with E-state index in [9.17, 15) is 9.90 Å². The normalized spacial score (nSPS) is 23.5. The number of likely N-dealkylation sites (tertiary alicyclic amines) is 1. The average Bonchev–Trinajstić information content (AvgIpc) is 2.37. The standard InChI is InChI=1S/C15H19NO3/c1-19-15(18)11-8-16(9-11)12-6-5-10-3-2-4-14(17)13(10)7-12/h2-4,11-12,17H,5-9H2,1H3. The summed E-state index contributed by atoms with van der Waals surface area (Å²) in [5.74, 6) is 0.346. The van der Waals surface area contributed by atoms with Gasteiger partial charge in [-0.25, -0.2) is 0 Å². The Morgan fingerprint density at radius 1 is 1.42 bits per heavy atom. The Morgan fingerprint density at radius 3 is 2.95 bits per heavy atom. The summed E-state index contributed by atoms with van der Waals surface area (Å²) in [4.78, 5) is 13.7. The maximum absolute atomic E-state index is 11.4. The fourth-order valence-corrected chi connectivity index (χ4v) is 3.19. The van der Waals surface area contributed by atoms with Gasteiger partial charge in [-0.3, -0.25) is 9.69 Å². The van der Waals surface area contributed by atoms with Crippen molar-refractivity contribution < 1.29 is 14.6 Å². The Morgan fingerprint density at radius 2 is 2.21 bits per heavy atom. The lowest BCUT2D eigenvalue weighted by atomic mass is 9.84. The van der Waals surface area contributed by atoms with Crippen LogP contribution in [0, 0.1) is 5.92 Å². The maximum atomic E-state index is 11.4. The number of carbonyl (C=O) groups excluding carboxylic acids is 1. The highest BCUT2D eigenvalue weighted by atomic mass is 16.5. The molecule has 1 unspecified atom stereocenters. The summed E-state index contributed by atoms with van der Waals surface area (Å²) in [6, 6.07) is 6.21. The molecular weight excluding hydrogens is 242 g/mol. The first-order valence-electron chi connectivity index (χ1n) is 6.80. The monoisotopic (exact) mass is 261 g/mol. The quantitative estimate of drug-likeness (QED) is 0.817. The van der Waals surface area contributed by atoms with Gasteiger partial charge in [-0.05, 0) is 36.5 Å². The highest BCUT2D eigenvalue weighted by Crippen LogP contribution is 2.33. The molecule has 1 N–H and O–H groups in total. The summed E-state index contributed by atoms with van der Waals surface area (Å²) in [7, 11) is 1.44. The Balaban J connectivity index is 1.64. The van der Waals surface area contributed by atoms with Crippen LogP contribution < -0.4 is 0 Å². The molecule has 1 aromatic rings. The predicted octanol–water partition coefficient (Wildman–Crippen LogP) is 1.35. The van der Waals surface area contributed by atoms with Crippen LogP contribution >= 0.6 is 0 Å². The number of ether oxygens (including phenoxy) is 1. The topological polar surface area (TPSA) is 49.8 Å². The van der Waals surface area contributed by atoms with Crippen molar-refractivity contribution in [1.29, 1.82) is 0 Å². The largest absolute Gasteiger partial charge is 0.508 e. The van der Waals surface area contributed by atoms with Crippen LogP contribution in [0.1, 0.15) is 17.5 Å². The molecule has 0 saturated carbocycles. The summed E-state index contributed by atoms with van der Waals surface area (Å²) in [6.07, 6.45) is 2.99. The summed E-state index contributed by atoms with van der Waals surface area (Å²) in [6.45, 7) is 1.58.